The number of halogens is 2. The predicted molar refractivity (Wildman–Crippen MR) is 77.6 cm³/mol. The van der Waals surface area contributed by atoms with E-state index in [1.165, 1.54) is 6.07 Å². The van der Waals surface area contributed by atoms with E-state index >= 15 is 0 Å². The highest BCUT2D eigenvalue weighted by Gasteiger charge is 2.15. The van der Waals surface area contributed by atoms with E-state index in [2.05, 4.69) is 10.6 Å². The number of hydrogen-bond donors (Lipinski definition) is 2. The summed E-state index contributed by atoms with van der Waals surface area (Å²) in [5, 5.41) is 5.54. The molecule has 3 rings (SSSR count). The maximum absolute atomic E-state index is 13.5. The Kier molecular flexibility index (Phi) is 3.56. The highest BCUT2D eigenvalue weighted by molar-refractivity contribution is 6.04. The number of anilines is 2. The quantitative estimate of drug-likeness (QED) is 0.887. The van der Waals surface area contributed by atoms with Crippen molar-refractivity contribution in [2.75, 3.05) is 17.2 Å². The number of nitrogens with one attached hydrogen (secondary N) is 2. The van der Waals surface area contributed by atoms with Crippen LogP contribution in [0.5, 0.6) is 0 Å². The van der Waals surface area contributed by atoms with Gasteiger partial charge in [0.2, 0.25) is 0 Å². The topological polar surface area (TPSA) is 41.1 Å². The maximum Gasteiger partial charge on any atom is 0.255 e. The second-order valence-corrected chi connectivity index (χ2v) is 4.95. The van der Waals surface area contributed by atoms with Crippen molar-refractivity contribution >= 4 is 17.3 Å². The summed E-state index contributed by atoms with van der Waals surface area (Å²) in [6.45, 7) is 0.916. The van der Waals surface area contributed by atoms with Gasteiger partial charge in [-0.2, -0.15) is 0 Å². The number of aryl methyl sites for hydroxylation is 1. The molecule has 0 unspecified atom stereocenters. The third-order valence-electron chi connectivity index (χ3n) is 3.51. The minimum absolute atomic E-state index is 0.389. The Hall–Kier alpha value is -2.43. The van der Waals surface area contributed by atoms with Crippen molar-refractivity contribution in [1.82, 2.24) is 0 Å². The highest BCUT2D eigenvalue weighted by atomic mass is 19.1. The van der Waals surface area contributed by atoms with Crippen LogP contribution in [0.15, 0.2) is 36.4 Å². The number of fused-ring (bicyclic) bond motifs is 1. The summed E-state index contributed by atoms with van der Waals surface area (Å²) in [6.07, 6.45) is 1.89. The standard InChI is InChI=1S/C16H14F2N2O/c17-12-4-1-5-13(18)15(12)20-16(21)11-6-7-14-10(9-11)3-2-8-19-14/h1,4-7,9,19H,2-3,8H2,(H,20,21). The van der Waals surface area contributed by atoms with Crippen molar-refractivity contribution in [3.8, 4) is 0 Å². The molecule has 1 aliphatic rings. The Morgan fingerprint density at radius 2 is 1.90 bits per heavy atom. The molecule has 0 atom stereocenters. The molecule has 108 valence electrons. The molecule has 0 aliphatic carbocycles. The number of amides is 1. The summed E-state index contributed by atoms with van der Waals surface area (Å²) in [7, 11) is 0. The predicted octanol–water partition coefficient (Wildman–Crippen LogP) is 3.58. The summed E-state index contributed by atoms with van der Waals surface area (Å²) in [4.78, 5) is 12.1. The molecule has 2 N–H and O–H groups in total. The number of benzene rings is 2. The van der Waals surface area contributed by atoms with Gasteiger partial charge in [0.05, 0.1) is 0 Å². The van der Waals surface area contributed by atoms with Crippen molar-refractivity contribution in [2.24, 2.45) is 0 Å². The van der Waals surface area contributed by atoms with Gasteiger partial charge in [0, 0.05) is 17.8 Å². The monoisotopic (exact) mass is 288 g/mol. The lowest BCUT2D eigenvalue weighted by Crippen LogP contribution is -2.16. The number of para-hydroxylation sites is 1. The van der Waals surface area contributed by atoms with Gasteiger partial charge < -0.3 is 10.6 Å². The first-order chi connectivity index (χ1) is 10.1. The van der Waals surface area contributed by atoms with Gasteiger partial charge in [0.25, 0.3) is 5.91 Å². The molecule has 2 aromatic rings. The molecule has 21 heavy (non-hydrogen) atoms. The summed E-state index contributed by atoms with van der Waals surface area (Å²) >= 11 is 0. The van der Waals surface area contributed by atoms with Crippen molar-refractivity contribution in [1.29, 1.82) is 0 Å². The summed E-state index contributed by atoms with van der Waals surface area (Å²) in [5.74, 6) is -2.10. The molecule has 1 heterocycles. The molecule has 0 saturated carbocycles. The number of rotatable bonds is 2. The molecular weight excluding hydrogens is 274 g/mol. The average Bonchev–Trinajstić information content (AvgIpc) is 2.50. The lowest BCUT2D eigenvalue weighted by atomic mass is 10.0. The fourth-order valence-corrected chi connectivity index (χ4v) is 2.42. The van der Waals surface area contributed by atoms with Crippen LogP contribution in [-0.4, -0.2) is 12.5 Å². The zero-order chi connectivity index (χ0) is 14.8. The van der Waals surface area contributed by atoms with E-state index in [0.29, 0.717) is 5.56 Å². The van der Waals surface area contributed by atoms with E-state index in [1.807, 2.05) is 6.07 Å². The molecule has 2 aromatic carbocycles. The highest BCUT2D eigenvalue weighted by Crippen LogP contribution is 2.24. The first-order valence-electron chi connectivity index (χ1n) is 6.77. The third-order valence-corrected chi connectivity index (χ3v) is 3.51. The Labute approximate surface area is 121 Å². The van der Waals surface area contributed by atoms with Crippen molar-refractivity contribution < 1.29 is 13.6 Å². The fourth-order valence-electron chi connectivity index (χ4n) is 2.42. The second-order valence-electron chi connectivity index (χ2n) is 4.95. The Morgan fingerprint density at radius 1 is 1.14 bits per heavy atom. The maximum atomic E-state index is 13.5. The molecule has 5 heteroatoms. The summed E-state index contributed by atoms with van der Waals surface area (Å²) in [6, 6.07) is 8.69. The summed E-state index contributed by atoms with van der Waals surface area (Å²) in [5.41, 5.74) is 2.02. The van der Waals surface area contributed by atoms with Gasteiger partial charge in [-0.05, 0) is 48.7 Å². The molecule has 0 saturated heterocycles. The Morgan fingerprint density at radius 3 is 2.67 bits per heavy atom. The zero-order valence-corrected chi connectivity index (χ0v) is 11.2. The van der Waals surface area contributed by atoms with Crippen molar-refractivity contribution in [3.63, 3.8) is 0 Å². The van der Waals surface area contributed by atoms with Crippen LogP contribution < -0.4 is 10.6 Å². The summed E-state index contributed by atoms with van der Waals surface area (Å²) < 4.78 is 27.1. The average molecular weight is 288 g/mol. The first kappa shape index (κ1) is 13.5. The lowest BCUT2D eigenvalue weighted by Gasteiger charge is -2.18. The van der Waals surface area contributed by atoms with Gasteiger partial charge in [0.15, 0.2) is 0 Å². The van der Waals surface area contributed by atoms with E-state index in [9.17, 15) is 13.6 Å². The zero-order valence-electron chi connectivity index (χ0n) is 11.2. The SMILES string of the molecule is O=C(Nc1c(F)cccc1F)c1ccc2c(c1)CCCN2. The van der Waals surface area contributed by atoms with Crippen LogP contribution in [0.3, 0.4) is 0 Å². The van der Waals surface area contributed by atoms with Gasteiger partial charge in [0.1, 0.15) is 17.3 Å². The van der Waals surface area contributed by atoms with Crippen LogP contribution in [-0.2, 0) is 6.42 Å². The van der Waals surface area contributed by atoms with Crippen LogP contribution in [0.25, 0.3) is 0 Å². The smallest absolute Gasteiger partial charge is 0.255 e. The molecule has 1 aliphatic heterocycles. The lowest BCUT2D eigenvalue weighted by molar-refractivity contribution is 0.102. The van der Waals surface area contributed by atoms with Gasteiger partial charge >= 0.3 is 0 Å². The largest absolute Gasteiger partial charge is 0.385 e. The molecule has 0 radical (unpaired) electrons. The van der Waals surface area contributed by atoms with Gasteiger partial charge in [-0.25, -0.2) is 8.78 Å². The van der Waals surface area contributed by atoms with E-state index < -0.39 is 23.2 Å². The van der Waals surface area contributed by atoms with Crippen molar-refractivity contribution in [2.45, 2.75) is 12.8 Å². The first-order valence-corrected chi connectivity index (χ1v) is 6.77. The number of hydrogen-bond acceptors (Lipinski definition) is 2. The molecule has 0 fully saturated rings. The second kappa shape index (κ2) is 5.52. The minimum atomic E-state index is -0.789. The van der Waals surface area contributed by atoms with Gasteiger partial charge in [-0.1, -0.05) is 6.07 Å². The van der Waals surface area contributed by atoms with E-state index in [0.717, 1.165) is 42.8 Å². The van der Waals surface area contributed by atoms with Gasteiger partial charge in [-0.15, -0.1) is 0 Å². The van der Waals surface area contributed by atoms with Crippen LogP contribution in [0, 0.1) is 11.6 Å². The normalized spacial score (nSPS) is 13.2. The third kappa shape index (κ3) is 2.72. The molecule has 1 amide bonds. The van der Waals surface area contributed by atoms with Crippen LogP contribution in [0.1, 0.15) is 22.3 Å². The van der Waals surface area contributed by atoms with E-state index in [-0.39, 0.29) is 0 Å². The van der Waals surface area contributed by atoms with E-state index in [4.69, 9.17) is 0 Å². The van der Waals surface area contributed by atoms with Crippen molar-refractivity contribution in [3.05, 3.63) is 59.2 Å². The molecule has 0 bridgehead atoms. The molecule has 0 aromatic heterocycles. The van der Waals surface area contributed by atoms with Crippen LogP contribution in [0.2, 0.25) is 0 Å². The molecular formula is C16H14F2N2O. The van der Waals surface area contributed by atoms with E-state index in [1.54, 1.807) is 12.1 Å². The number of carbonyl (C=O) groups is 1. The van der Waals surface area contributed by atoms with Gasteiger partial charge in [-0.3, -0.25) is 4.79 Å². The molecule has 0 spiro atoms. The fraction of sp³-hybridized carbons (Fsp3) is 0.188. The minimum Gasteiger partial charge on any atom is -0.385 e. The van der Waals surface area contributed by atoms with Crippen LogP contribution in [0.4, 0.5) is 20.2 Å². The number of carbonyl (C=O) groups excluding carboxylic acids is 1. The Balaban J connectivity index is 1.86. The Bertz CT molecular complexity index is 680. The van der Waals surface area contributed by atoms with Crippen LogP contribution >= 0.6 is 0 Å². The molecule has 3 nitrogen and oxygen atoms in total.